The second kappa shape index (κ2) is 7.02. The van der Waals surface area contributed by atoms with Crippen molar-refractivity contribution in [2.75, 3.05) is 32.7 Å². The molecule has 0 bridgehead atoms. The summed E-state index contributed by atoms with van der Waals surface area (Å²) < 4.78 is 26.4. The molecule has 0 saturated carbocycles. The summed E-state index contributed by atoms with van der Waals surface area (Å²) in [6, 6.07) is 5.24. The van der Waals surface area contributed by atoms with Crippen molar-refractivity contribution in [1.82, 2.24) is 9.21 Å². The molecule has 2 rings (SSSR count). The number of rotatable bonds is 5. The second-order valence-corrected chi connectivity index (χ2v) is 6.95. The summed E-state index contributed by atoms with van der Waals surface area (Å²) in [5, 5.41) is 11.0. The molecule has 0 atom stereocenters. The van der Waals surface area contributed by atoms with Crippen LogP contribution in [0.15, 0.2) is 29.2 Å². The predicted molar refractivity (Wildman–Crippen MR) is 82.1 cm³/mol. The van der Waals surface area contributed by atoms with E-state index in [1.165, 1.54) is 22.5 Å². The number of amides is 1. The molecule has 1 saturated heterocycles. The summed E-state index contributed by atoms with van der Waals surface area (Å²) in [6.07, 6.45) is 0.219. The molecule has 0 radical (unpaired) electrons. The first-order valence-corrected chi connectivity index (χ1v) is 8.53. The number of sulfonamides is 1. The Kier molecular flexibility index (Phi) is 5.29. The van der Waals surface area contributed by atoms with Crippen molar-refractivity contribution in [2.24, 2.45) is 5.73 Å². The molecule has 1 heterocycles. The Morgan fingerprint density at radius 2 is 1.83 bits per heavy atom. The van der Waals surface area contributed by atoms with Crippen LogP contribution in [0.5, 0.6) is 0 Å². The average Bonchev–Trinajstić information content (AvgIpc) is 2.55. The van der Waals surface area contributed by atoms with Gasteiger partial charge in [-0.25, -0.2) is 8.42 Å². The highest BCUT2D eigenvalue weighted by atomic mass is 32.2. The lowest BCUT2D eigenvalue weighted by atomic mass is 10.3. The zero-order valence-electron chi connectivity index (χ0n) is 12.4. The summed E-state index contributed by atoms with van der Waals surface area (Å²) in [7, 11) is -3.97. The molecule has 1 amide bonds. The number of nitro groups is 1. The lowest BCUT2D eigenvalue weighted by Gasteiger charge is -2.33. The Bertz CT molecular complexity index is 698. The lowest BCUT2D eigenvalue weighted by Crippen LogP contribution is -2.50. The van der Waals surface area contributed by atoms with Gasteiger partial charge in [-0.15, -0.1) is 0 Å². The van der Waals surface area contributed by atoms with Gasteiger partial charge in [0.15, 0.2) is 4.90 Å². The van der Waals surface area contributed by atoms with Crippen LogP contribution < -0.4 is 5.73 Å². The van der Waals surface area contributed by atoms with Crippen LogP contribution in [0.1, 0.15) is 6.42 Å². The number of nitro benzene ring substituents is 1. The number of hydrogen-bond donors (Lipinski definition) is 1. The molecular weight excluding hydrogens is 324 g/mol. The van der Waals surface area contributed by atoms with E-state index in [4.69, 9.17) is 5.73 Å². The summed E-state index contributed by atoms with van der Waals surface area (Å²) in [5.41, 5.74) is 4.89. The molecule has 0 aliphatic carbocycles. The molecule has 0 unspecified atom stereocenters. The van der Waals surface area contributed by atoms with Gasteiger partial charge in [0.2, 0.25) is 15.9 Å². The lowest BCUT2D eigenvalue weighted by molar-refractivity contribution is -0.387. The number of hydrogen-bond acceptors (Lipinski definition) is 6. The normalized spacial score (nSPS) is 16.3. The number of nitrogens with two attached hydrogens (primary N) is 1. The molecule has 1 aliphatic heterocycles. The third kappa shape index (κ3) is 3.66. The number of carbonyl (C=O) groups is 1. The standard InChI is InChI=1S/C13H18N4O5S/c14-6-5-13(18)15-7-9-16(10-8-15)23(21,22)12-4-2-1-3-11(12)17(19)20/h1-4H,5-10,14H2. The Hall–Kier alpha value is -2.04. The van der Waals surface area contributed by atoms with E-state index in [9.17, 15) is 23.3 Å². The van der Waals surface area contributed by atoms with Crippen molar-refractivity contribution in [1.29, 1.82) is 0 Å². The Labute approximate surface area is 133 Å². The molecule has 23 heavy (non-hydrogen) atoms. The highest BCUT2D eigenvalue weighted by molar-refractivity contribution is 7.89. The highest BCUT2D eigenvalue weighted by Crippen LogP contribution is 2.26. The molecule has 1 aliphatic rings. The van der Waals surface area contributed by atoms with Gasteiger partial charge >= 0.3 is 0 Å². The molecule has 0 aromatic heterocycles. The number of carbonyl (C=O) groups excluding carboxylic acids is 1. The topological polar surface area (TPSA) is 127 Å². The first-order valence-electron chi connectivity index (χ1n) is 7.09. The van der Waals surface area contributed by atoms with E-state index < -0.39 is 20.6 Å². The van der Waals surface area contributed by atoms with E-state index in [-0.39, 0.29) is 49.9 Å². The maximum Gasteiger partial charge on any atom is 0.289 e. The molecular formula is C13H18N4O5S. The minimum absolute atomic E-state index is 0.102. The number of nitrogens with zero attached hydrogens (tertiary/aromatic N) is 3. The average molecular weight is 342 g/mol. The first kappa shape index (κ1) is 17.3. The van der Waals surface area contributed by atoms with Crippen LogP contribution >= 0.6 is 0 Å². The fourth-order valence-electron chi connectivity index (χ4n) is 2.42. The fourth-order valence-corrected chi connectivity index (χ4v) is 4.00. The van der Waals surface area contributed by atoms with E-state index in [1.54, 1.807) is 4.90 Å². The Morgan fingerprint density at radius 3 is 2.39 bits per heavy atom. The largest absolute Gasteiger partial charge is 0.340 e. The van der Waals surface area contributed by atoms with Gasteiger partial charge in [-0.1, -0.05) is 12.1 Å². The number of piperazine rings is 1. The van der Waals surface area contributed by atoms with Crippen molar-refractivity contribution in [3.8, 4) is 0 Å². The van der Waals surface area contributed by atoms with Crippen molar-refractivity contribution in [3.63, 3.8) is 0 Å². The first-order chi connectivity index (χ1) is 10.9. The van der Waals surface area contributed by atoms with Crippen molar-refractivity contribution in [2.45, 2.75) is 11.3 Å². The van der Waals surface area contributed by atoms with Crippen LogP contribution in [0.4, 0.5) is 5.69 Å². The minimum Gasteiger partial charge on any atom is -0.340 e. The van der Waals surface area contributed by atoms with Crippen LogP contribution in [0.3, 0.4) is 0 Å². The predicted octanol–water partition coefficient (Wildman–Crippen LogP) is -0.223. The van der Waals surface area contributed by atoms with Crippen LogP contribution in [0.25, 0.3) is 0 Å². The molecule has 0 spiro atoms. The van der Waals surface area contributed by atoms with Crippen molar-refractivity contribution < 1.29 is 18.1 Å². The third-order valence-electron chi connectivity index (χ3n) is 3.63. The van der Waals surface area contributed by atoms with E-state index in [1.807, 2.05) is 0 Å². The summed E-state index contributed by atoms with van der Waals surface area (Å²) in [6.45, 7) is 0.945. The van der Waals surface area contributed by atoms with Gasteiger partial charge < -0.3 is 10.6 Å². The summed E-state index contributed by atoms with van der Waals surface area (Å²) in [5.74, 6) is -0.116. The van der Waals surface area contributed by atoms with Crippen LogP contribution in [0.2, 0.25) is 0 Å². The van der Waals surface area contributed by atoms with Crippen LogP contribution in [-0.4, -0.2) is 61.2 Å². The molecule has 126 valence electrons. The number of benzene rings is 1. The van der Waals surface area contributed by atoms with Gasteiger partial charge in [-0.2, -0.15) is 4.31 Å². The fraction of sp³-hybridized carbons (Fsp3) is 0.462. The van der Waals surface area contributed by atoms with E-state index in [0.29, 0.717) is 0 Å². The van der Waals surface area contributed by atoms with Crippen LogP contribution in [0, 0.1) is 10.1 Å². The Balaban J connectivity index is 2.17. The summed E-state index contributed by atoms with van der Waals surface area (Å²) in [4.78, 5) is 23.3. The van der Waals surface area contributed by atoms with Gasteiger partial charge in [0.05, 0.1) is 4.92 Å². The third-order valence-corrected chi connectivity index (χ3v) is 5.58. The van der Waals surface area contributed by atoms with E-state index in [2.05, 4.69) is 0 Å². The summed E-state index contributed by atoms with van der Waals surface area (Å²) >= 11 is 0. The molecule has 2 N–H and O–H groups in total. The maximum atomic E-state index is 12.6. The van der Waals surface area contributed by atoms with E-state index >= 15 is 0 Å². The zero-order valence-corrected chi connectivity index (χ0v) is 13.2. The number of para-hydroxylation sites is 1. The van der Waals surface area contributed by atoms with Crippen molar-refractivity contribution in [3.05, 3.63) is 34.4 Å². The van der Waals surface area contributed by atoms with Crippen molar-refractivity contribution >= 4 is 21.6 Å². The highest BCUT2D eigenvalue weighted by Gasteiger charge is 2.34. The van der Waals surface area contributed by atoms with Crippen LogP contribution in [-0.2, 0) is 14.8 Å². The smallest absolute Gasteiger partial charge is 0.289 e. The second-order valence-electron chi connectivity index (χ2n) is 5.05. The molecule has 1 aromatic rings. The molecule has 1 aromatic carbocycles. The molecule has 10 heteroatoms. The van der Waals surface area contributed by atoms with Gasteiger partial charge in [0, 0.05) is 45.2 Å². The SMILES string of the molecule is NCCC(=O)N1CCN(S(=O)(=O)c2ccccc2[N+](=O)[O-])CC1. The minimum atomic E-state index is -3.97. The zero-order chi connectivity index (χ0) is 17.0. The molecule has 9 nitrogen and oxygen atoms in total. The quantitative estimate of drug-likeness (QED) is 0.582. The molecule has 1 fully saturated rings. The van der Waals surface area contributed by atoms with Gasteiger partial charge in [-0.05, 0) is 6.07 Å². The Morgan fingerprint density at radius 1 is 1.22 bits per heavy atom. The van der Waals surface area contributed by atoms with Gasteiger partial charge in [0.25, 0.3) is 5.69 Å². The monoisotopic (exact) mass is 342 g/mol. The maximum absolute atomic E-state index is 12.6. The van der Waals surface area contributed by atoms with Gasteiger partial charge in [0.1, 0.15) is 0 Å². The van der Waals surface area contributed by atoms with Gasteiger partial charge in [-0.3, -0.25) is 14.9 Å². The van der Waals surface area contributed by atoms with E-state index in [0.717, 1.165) is 6.07 Å².